The van der Waals surface area contributed by atoms with Crippen molar-refractivity contribution < 1.29 is 28.8 Å². The van der Waals surface area contributed by atoms with E-state index in [0.29, 0.717) is 53.8 Å². The molecule has 2 aromatic heterocycles. The topological polar surface area (TPSA) is 149 Å². The molecule has 244 valence electrons. The van der Waals surface area contributed by atoms with Crippen LogP contribution >= 0.6 is 0 Å². The molecule has 4 atom stereocenters. The number of aromatic nitrogens is 3. The van der Waals surface area contributed by atoms with E-state index in [-0.39, 0.29) is 17.9 Å². The van der Waals surface area contributed by atoms with Crippen molar-refractivity contribution in [3.05, 3.63) is 53.7 Å². The molecule has 13 heteroatoms. The third-order valence-corrected chi connectivity index (χ3v) is 9.08. The van der Waals surface area contributed by atoms with Crippen LogP contribution in [0.15, 0.2) is 42.6 Å². The van der Waals surface area contributed by atoms with Crippen LogP contribution in [0.25, 0.3) is 11.3 Å². The molecular formula is C33H40FN7O5. The molecule has 3 fully saturated rings. The number of ether oxygens (including phenoxy) is 3. The number of rotatable bonds is 10. The highest BCUT2D eigenvalue weighted by Crippen LogP contribution is 2.35. The van der Waals surface area contributed by atoms with Crippen LogP contribution in [0.5, 0.6) is 11.6 Å². The fourth-order valence-electron chi connectivity index (χ4n) is 6.33. The van der Waals surface area contributed by atoms with Gasteiger partial charge in [-0.05, 0) is 75.2 Å². The van der Waals surface area contributed by atoms with Gasteiger partial charge in [0.15, 0.2) is 0 Å². The zero-order chi connectivity index (χ0) is 32.2. The van der Waals surface area contributed by atoms with Gasteiger partial charge in [-0.15, -0.1) is 0 Å². The first kappa shape index (κ1) is 32.0. The van der Waals surface area contributed by atoms with E-state index < -0.39 is 24.6 Å². The number of hydrogen-bond acceptors (Lipinski definition) is 12. The van der Waals surface area contributed by atoms with Crippen LogP contribution in [0.1, 0.15) is 43.2 Å². The number of alkyl halides is 1. The number of methoxy groups -OCH3 is 1. The highest BCUT2D eigenvalue weighted by atomic mass is 19.1. The van der Waals surface area contributed by atoms with Gasteiger partial charge in [0, 0.05) is 36.8 Å². The second kappa shape index (κ2) is 14.2. The van der Waals surface area contributed by atoms with Crippen LogP contribution in [-0.4, -0.2) is 112 Å². The number of nitrogens with one attached hydrogen (secondary N) is 1. The maximum Gasteiger partial charge on any atom is 0.228 e. The van der Waals surface area contributed by atoms with E-state index in [4.69, 9.17) is 19.2 Å². The smallest absolute Gasteiger partial charge is 0.228 e. The molecule has 3 aromatic rings. The number of piperidine rings is 2. The first-order valence-electron chi connectivity index (χ1n) is 15.7. The van der Waals surface area contributed by atoms with Crippen molar-refractivity contribution in [1.82, 2.24) is 24.8 Å². The predicted octanol–water partition coefficient (Wildman–Crippen LogP) is 3.23. The summed E-state index contributed by atoms with van der Waals surface area (Å²) < 4.78 is 31.9. The Labute approximate surface area is 267 Å². The average molecular weight is 634 g/mol. The van der Waals surface area contributed by atoms with Gasteiger partial charge >= 0.3 is 0 Å². The van der Waals surface area contributed by atoms with Crippen molar-refractivity contribution in [2.45, 2.75) is 62.8 Å². The molecule has 5 heterocycles. The predicted molar refractivity (Wildman–Crippen MR) is 168 cm³/mol. The van der Waals surface area contributed by atoms with E-state index in [0.717, 1.165) is 44.7 Å². The van der Waals surface area contributed by atoms with Gasteiger partial charge in [-0.25, -0.2) is 14.4 Å². The van der Waals surface area contributed by atoms with Crippen molar-refractivity contribution in [3.8, 4) is 29.0 Å². The lowest BCUT2D eigenvalue weighted by atomic mass is 9.89. The summed E-state index contributed by atoms with van der Waals surface area (Å²) in [6.07, 6.45) is -0.304. The number of aliphatic hydroxyl groups excluding tert-OH is 2. The number of nitrogens with zero attached hydrogens (tertiary/aromatic N) is 6. The number of hydrogen-bond donors (Lipinski definition) is 3. The Balaban J connectivity index is 1.11. The van der Waals surface area contributed by atoms with E-state index in [2.05, 4.69) is 32.3 Å². The molecule has 0 aliphatic carbocycles. The van der Waals surface area contributed by atoms with Gasteiger partial charge in [-0.3, -0.25) is 9.80 Å². The molecule has 0 bridgehead atoms. The van der Waals surface area contributed by atoms with Crippen LogP contribution in [0, 0.1) is 11.3 Å². The fourth-order valence-corrected chi connectivity index (χ4v) is 6.33. The summed E-state index contributed by atoms with van der Waals surface area (Å²) >= 11 is 0. The van der Waals surface area contributed by atoms with Crippen molar-refractivity contribution in [2.75, 3.05) is 51.8 Å². The highest BCUT2D eigenvalue weighted by molar-refractivity contribution is 5.65. The number of halogens is 1. The number of aliphatic hydroxyl groups is 2. The monoisotopic (exact) mass is 633 g/mol. The van der Waals surface area contributed by atoms with Crippen molar-refractivity contribution in [1.29, 1.82) is 5.26 Å². The van der Waals surface area contributed by atoms with Gasteiger partial charge in [-0.1, -0.05) is 0 Å². The fraction of sp³-hybridized carbons (Fsp3) is 0.515. The maximum absolute atomic E-state index is 14.9. The lowest BCUT2D eigenvalue weighted by molar-refractivity contribution is -0.108. The molecule has 6 rings (SSSR count). The molecule has 3 aliphatic rings. The summed E-state index contributed by atoms with van der Waals surface area (Å²) in [5, 5.41) is 32.7. The van der Waals surface area contributed by atoms with Gasteiger partial charge in [0.1, 0.15) is 36.1 Å². The van der Waals surface area contributed by atoms with Crippen LogP contribution < -0.4 is 14.8 Å². The maximum atomic E-state index is 14.9. The standard InChI is InChI=1S/C33H40FN7O5/c1-20(42)32(43)41-14-10-29(26(34)17-41)46-28-5-3-22(15-23(28)16-35)27-7-11-36-33(37-27)39-30-6-4-25(31(38-30)44-2)21-8-12-40(13-9-21)24-18-45-19-24/h3-7,11,15,20-21,24,26,29,32,42-43H,8-10,12-14,17-19H2,1-2H3,(H,36,37,38,39)/t20-,26-,29-,32?/m1/s1. The molecule has 1 aromatic carbocycles. The van der Waals surface area contributed by atoms with Gasteiger partial charge < -0.3 is 29.7 Å². The van der Waals surface area contributed by atoms with Crippen LogP contribution in [0.2, 0.25) is 0 Å². The lowest BCUT2D eigenvalue weighted by Crippen LogP contribution is -2.53. The van der Waals surface area contributed by atoms with Crippen LogP contribution in [0.3, 0.4) is 0 Å². The Bertz CT molecular complexity index is 1540. The second-order valence-corrected chi connectivity index (χ2v) is 12.1. The van der Waals surface area contributed by atoms with E-state index >= 15 is 0 Å². The minimum absolute atomic E-state index is 0.0766. The SMILES string of the molecule is COc1nc(Nc2nccc(-c3ccc(O[C@@H]4CCN(C(O)[C@@H](C)O)C[C@H]4F)c(C#N)c3)n2)ccc1C1CCN(C2COC2)CC1. The Kier molecular flexibility index (Phi) is 9.91. The molecule has 0 radical (unpaired) electrons. The molecule has 3 aliphatic heterocycles. The first-order valence-corrected chi connectivity index (χ1v) is 15.7. The molecule has 3 N–H and O–H groups in total. The Morgan fingerprint density at radius 3 is 2.57 bits per heavy atom. The summed E-state index contributed by atoms with van der Waals surface area (Å²) in [6, 6.07) is 13.5. The molecule has 1 unspecified atom stereocenters. The molecule has 0 amide bonds. The molecule has 0 spiro atoms. The van der Waals surface area contributed by atoms with Gasteiger partial charge in [-0.2, -0.15) is 10.2 Å². The third-order valence-electron chi connectivity index (χ3n) is 9.08. The van der Waals surface area contributed by atoms with Crippen molar-refractivity contribution >= 4 is 11.8 Å². The van der Waals surface area contributed by atoms with Crippen molar-refractivity contribution in [3.63, 3.8) is 0 Å². The summed E-state index contributed by atoms with van der Waals surface area (Å²) in [5.74, 6) is 2.12. The normalized spacial score (nSPS) is 22.8. The van der Waals surface area contributed by atoms with Gasteiger partial charge in [0.25, 0.3) is 0 Å². The molecule has 0 saturated carbocycles. The Morgan fingerprint density at radius 2 is 1.89 bits per heavy atom. The molecule has 3 saturated heterocycles. The summed E-state index contributed by atoms with van der Waals surface area (Å²) in [6.45, 7) is 5.47. The quantitative estimate of drug-likeness (QED) is 0.301. The lowest BCUT2D eigenvalue weighted by Gasteiger charge is -2.41. The summed E-state index contributed by atoms with van der Waals surface area (Å²) in [5.41, 5.74) is 2.59. The average Bonchev–Trinajstić information content (AvgIpc) is 3.05. The zero-order valence-corrected chi connectivity index (χ0v) is 26.0. The summed E-state index contributed by atoms with van der Waals surface area (Å²) in [4.78, 5) is 17.7. The minimum atomic E-state index is -1.40. The Hall–Kier alpha value is -3.93. The van der Waals surface area contributed by atoms with Gasteiger partial charge in [0.05, 0.1) is 43.7 Å². The minimum Gasteiger partial charge on any atom is -0.486 e. The van der Waals surface area contributed by atoms with E-state index in [1.807, 2.05) is 6.07 Å². The van der Waals surface area contributed by atoms with E-state index in [9.17, 15) is 19.9 Å². The number of nitriles is 1. The largest absolute Gasteiger partial charge is 0.486 e. The van der Waals surface area contributed by atoms with Crippen LogP contribution in [0.4, 0.5) is 16.2 Å². The van der Waals surface area contributed by atoms with E-state index in [1.165, 1.54) is 11.8 Å². The number of anilines is 2. The number of pyridine rings is 1. The van der Waals surface area contributed by atoms with Gasteiger partial charge in [0.2, 0.25) is 11.8 Å². The second-order valence-electron chi connectivity index (χ2n) is 12.1. The third kappa shape index (κ3) is 7.06. The zero-order valence-electron chi connectivity index (χ0n) is 26.0. The summed E-state index contributed by atoms with van der Waals surface area (Å²) in [7, 11) is 1.63. The number of benzene rings is 1. The number of likely N-dealkylation sites (tertiary alicyclic amines) is 2. The highest BCUT2D eigenvalue weighted by Gasteiger charge is 2.35. The Morgan fingerprint density at radius 1 is 1.09 bits per heavy atom. The first-order chi connectivity index (χ1) is 22.3. The van der Waals surface area contributed by atoms with E-state index in [1.54, 1.807) is 37.6 Å². The molecule has 12 nitrogen and oxygen atoms in total. The molecular weight excluding hydrogens is 593 g/mol. The molecule has 46 heavy (non-hydrogen) atoms. The van der Waals surface area contributed by atoms with Crippen LogP contribution in [-0.2, 0) is 4.74 Å². The van der Waals surface area contributed by atoms with Crippen molar-refractivity contribution in [2.24, 2.45) is 0 Å².